The van der Waals surface area contributed by atoms with Crippen LogP contribution in [0.25, 0.3) is 10.1 Å². The smallest absolute Gasteiger partial charge is 0.352 e. The van der Waals surface area contributed by atoms with Crippen molar-refractivity contribution in [1.29, 1.82) is 0 Å². The van der Waals surface area contributed by atoms with Gasteiger partial charge in [0.15, 0.2) is 0 Å². The van der Waals surface area contributed by atoms with Gasteiger partial charge >= 0.3 is 6.18 Å². The summed E-state index contributed by atoms with van der Waals surface area (Å²) in [6.45, 7) is 0.283. The van der Waals surface area contributed by atoms with Crippen LogP contribution in [-0.4, -0.2) is 12.5 Å². The van der Waals surface area contributed by atoms with Gasteiger partial charge < -0.3 is 5.32 Å². The maximum Gasteiger partial charge on any atom is 0.417 e. The molecule has 1 heterocycles. The second-order valence-electron chi connectivity index (χ2n) is 5.31. The Morgan fingerprint density at radius 1 is 1.04 bits per heavy atom. The lowest BCUT2D eigenvalue weighted by Gasteiger charge is -2.12. The van der Waals surface area contributed by atoms with Crippen LogP contribution in [0.2, 0.25) is 0 Å². The molecule has 0 unspecified atom stereocenters. The normalized spacial score (nSPS) is 11.6. The van der Waals surface area contributed by atoms with Crippen molar-refractivity contribution in [3.8, 4) is 0 Å². The summed E-state index contributed by atoms with van der Waals surface area (Å²) < 4.78 is 40.0. The van der Waals surface area contributed by atoms with Crippen LogP contribution in [0.3, 0.4) is 0 Å². The molecule has 0 fully saturated rings. The molecular formula is C18H14F3NOS. The molecule has 1 amide bonds. The van der Waals surface area contributed by atoms with Crippen LogP contribution in [-0.2, 0) is 12.6 Å². The number of fused-ring (bicyclic) bond motifs is 1. The molecule has 0 radical (unpaired) electrons. The molecule has 0 saturated heterocycles. The van der Waals surface area contributed by atoms with E-state index in [-0.39, 0.29) is 12.1 Å². The monoisotopic (exact) mass is 349 g/mol. The van der Waals surface area contributed by atoms with Gasteiger partial charge in [0.1, 0.15) is 0 Å². The van der Waals surface area contributed by atoms with Gasteiger partial charge in [0.25, 0.3) is 5.91 Å². The predicted molar refractivity (Wildman–Crippen MR) is 89.3 cm³/mol. The minimum absolute atomic E-state index is 0.283. The highest BCUT2D eigenvalue weighted by atomic mass is 32.1. The van der Waals surface area contributed by atoms with Crippen LogP contribution >= 0.6 is 11.3 Å². The van der Waals surface area contributed by atoms with Crippen molar-refractivity contribution in [1.82, 2.24) is 5.32 Å². The van der Waals surface area contributed by atoms with Crippen LogP contribution in [0.4, 0.5) is 13.2 Å². The molecule has 1 aromatic heterocycles. The van der Waals surface area contributed by atoms with E-state index in [1.807, 2.05) is 29.6 Å². The van der Waals surface area contributed by atoms with Crippen molar-refractivity contribution in [2.75, 3.05) is 6.54 Å². The number of nitrogens with one attached hydrogen (secondary N) is 1. The summed E-state index contributed by atoms with van der Waals surface area (Å²) in [5, 5.41) is 5.71. The number of hydrogen-bond donors (Lipinski definition) is 1. The molecule has 0 spiro atoms. The summed E-state index contributed by atoms with van der Waals surface area (Å²) in [5.74, 6) is -0.706. The quantitative estimate of drug-likeness (QED) is 0.714. The van der Waals surface area contributed by atoms with E-state index in [0.717, 1.165) is 21.7 Å². The number of halogens is 3. The molecule has 3 rings (SSSR count). The van der Waals surface area contributed by atoms with E-state index in [1.54, 1.807) is 11.3 Å². The standard InChI is InChI=1S/C18H14F3NOS/c19-18(20,21)15-7-3-1-6-14(15)17(23)22-10-9-12-11-24-16-8-4-2-5-13(12)16/h1-8,11H,9-10H2,(H,22,23). The minimum atomic E-state index is -4.54. The van der Waals surface area contributed by atoms with Gasteiger partial charge in [-0.1, -0.05) is 30.3 Å². The van der Waals surface area contributed by atoms with Gasteiger partial charge in [-0.2, -0.15) is 13.2 Å². The topological polar surface area (TPSA) is 29.1 Å². The zero-order valence-electron chi connectivity index (χ0n) is 12.6. The second-order valence-corrected chi connectivity index (χ2v) is 6.22. The van der Waals surface area contributed by atoms with Crippen molar-refractivity contribution >= 4 is 27.3 Å². The van der Waals surface area contributed by atoms with Crippen molar-refractivity contribution < 1.29 is 18.0 Å². The summed E-state index contributed by atoms with van der Waals surface area (Å²) in [7, 11) is 0. The third-order valence-corrected chi connectivity index (χ3v) is 4.73. The van der Waals surface area contributed by atoms with Crippen LogP contribution in [0.5, 0.6) is 0 Å². The highest BCUT2D eigenvalue weighted by Crippen LogP contribution is 2.31. The molecule has 0 aliphatic rings. The van der Waals surface area contributed by atoms with Gasteiger partial charge in [-0.3, -0.25) is 4.79 Å². The number of rotatable bonds is 4. The first-order valence-electron chi connectivity index (χ1n) is 7.36. The minimum Gasteiger partial charge on any atom is -0.352 e. The molecular weight excluding hydrogens is 335 g/mol. The first-order chi connectivity index (χ1) is 11.5. The molecule has 0 aliphatic carbocycles. The molecule has 24 heavy (non-hydrogen) atoms. The first kappa shape index (κ1) is 16.5. The Hall–Kier alpha value is -2.34. The largest absolute Gasteiger partial charge is 0.417 e. The van der Waals surface area contributed by atoms with Gasteiger partial charge in [-0.05, 0) is 40.9 Å². The average Bonchev–Trinajstić information content (AvgIpc) is 2.97. The fourth-order valence-electron chi connectivity index (χ4n) is 2.56. The van der Waals surface area contributed by atoms with E-state index < -0.39 is 17.6 Å². The van der Waals surface area contributed by atoms with Crippen molar-refractivity contribution in [2.24, 2.45) is 0 Å². The maximum atomic E-state index is 13.0. The number of hydrogen-bond acceptors (Lipinski definition) is 2. The number of carbonyl (C=O) groups is 1. The second kappa shape index (κ2) is 6.65. The number of alkyl halides is 3. The van der Waals surface area contributed by atoms with E-state index in [9.17, 15) is 18.0 Å². The predicted octanol–water partition coefficient (Wildman–Crippen LogP) is 4.89. The van der Waals surface area contributed by atoms with Crippen LogP contribution < -0.4 is 5.32 Å². The lowest BCUT2D eigenvalue weighted by atomic mass is 10.1. The average molecular weight is 349 g/mol. The first-order valence-corrected chi connectivity index (χ1v) is 8.24. The molecule has 2 aromatic carbocycles. The molecule has 0 bridgehead atoms. The molecule has 1 N–H and O–H groups in total. The number of benzene rings is 2. The molecule has 124 valence electrons. The Kier molecular flexibility index (Phi) is 4.57. The highest BCUT2D eigenvalue weighted by Gasteiger charge is 2.34. The Balaban J connectivity index is 1.69. The molecule has 3 aromatic rings. The molecule has 0 saturated carbocycles. The SMILES string of the molecule is O=C(NCCc1csc2ccccc12)c1ccccc1C(F)(F)F. The fraction of sp³-hybridized carbons (Fsp3) is 0.167. The van der Waals surface area contributed by atoms with E-state index in [0.29, 0.717) is 6.42 Å². The number of thiophene rings is 1. The summed E-state index contributed by atoms with van der Waals surface area (Å²) in [6, 6.07) is 12.7. The van der Waals surface area contributed by atoms with Crippen LogP contribution in [0.15, 0.2) is 53.9 Å². The van der Waals surface area contributed by atoms with E-state index in [2.05, 4.69) is 5.32 Å². The van der Waals surface area contributed by atoms with E-state index in [1.165, 1.54) is 18.2 Å². The summed E-state index contributed by atoms with van der Waals surface area (Å²) in [5.41, 5.74) is -0.177. The summed E-state index contributed by atoms with van der Waals surface area (Å²) in [6.07, 6.45) is -3.97. The molecule has 0 atom stereocenters. The van der Waals surface area contributed by atoms with Gasteiger partial charge in [-0.25, -0.2) is 0 Å². The van der Waals surface area contributed by atoms with Crippen molar-refractivity contribution in [3.05, 3.63) is 70.6 Å². The zero-order valence-corrected chi connectivity index (χ0v) is 13.4. The lowest BCUT2D eigenvalue weighted by molar-refractivity contribution is -0.137. The van der Waals surface area contributed by atoms with Crippen LogP contribution in [0, 0.1) is 0 Å². The van der Waals surface area contributed by atoms with Crippen molar-refractivity contribution in [2.45, 2.75) is 12.6 Å². The number of carbonyl (C=O) groups excluding carboxylic acids is 1. The van der Waals surface area contributed by atoms with Gasteiger partial charge in [0.2, 0.25) is 0 Å². The summed E-state index contributed by atoms with van der Waals surface area (Å²) in [4.78, 5) is 12.1. The van der Waals surface area contributed by atoms with Gasteiger partial charge in [0, 0.05) is 11.2 Å². The van der Waals surface area contributed by atoms with E-state index in [4.69, 9.17) is 0 Å². The molecule has 0 aliphatic heterocycles. The Morgan fingerprint density at radius 2 is 1.75 bits per heavy atom. The zero-order chi connectivity index (χ0) is 17.2. The molecule has 2 nitrogen and oxygen atoms in total. The maximum absolute atomic E-state index is 13.0. The Bertz CT molecular complexity index is 870. The van der Waals surface area contributed by atoms with Gasteiger partial charge in [0.05, 0.1) is 11.1 Å². The van der Waals surface area contributed by atoms with E-state index >= 15 is 0 Å². The third-order valence-electron chi connectivity index (χ3n) is 3.72. The Morgan fingerprint density at radius 3 is 2.54 bits per heavy atom. The Labute approximate surface area is 140 Å². The van der Waals surface area contributed by atoms with Crippen molar-refractivity contribution in [3.63, 3.8) is 0 Å². The van der Waals surface area contributed by atoms with Crippen LogP contribution in [0.1, 0.15) is 21.5 Å². The number of amides is 1. The third kappa shape index (κ3) is 3.43. The highest BCUT2D eigenvalue weighted by molar-refractivity contribution is 7.17. The van der Waals surface area contributed by atoms with Gasteiger partial charge in [-0.15, -0.1) is 11.3 Å². The summed E-state index contributed by atoms with van der Waals surface area (Å²) >= 11 is 1.61. The lowest BCUT2D eigenvalue weighted by Crippen LogP contribution is -2.28. The molecule has 6 heteroatoms. The fourth-order valence-corrected chi connectivity index (χ4v) is 3.56.